The molecule has 1 rings (SSSR count). The first-order valence-electron chi connectivity index (χ1n) is 4.78. The second-order valence-electron chi connectivity index (χ2n) is 3.16. The van der Waals surface area contributed by atoms with Gasteiger partial charge in [0.1, 0.15) is 0 Å². The Hall–Kier alpha value is -1.78. The summed E-state index contributed by atoms with van der Waals surface area (Å²) in [7, 11) is 0. The molecule has 0 aromatic carbocycles. The second kappa shape index (κ2) is 5.85. The van der Waals surface area contributed by atoms with Crippen molar-refractivity contribution in [2.24, 2.45) is 0 Å². The highest BCUT2D eigenvalue weighted by atomic mass is 16.4. The monoisotopic (exact) mass is 210 g/mol. The predicted molar refractivity (Wildman–Crippen MR) is 54.3 cm³/mol. The Bertz CT molecular complexity index is 319. The maximum atomic E-state index is 11.2. The van der Waals surface area contributed by atoms with Crippen LogP contribution in [0.1, 0.15) is 12.8 Å². The number of carboxylic acids is 1. The molecule has 0 atom stereocenters. The van der Waals surface area contributed by atoms with E-state index < -0.39 is 5.97 Å². The van der Waals surface area contributed by atoms with Gasteiger partial charge in [-0.2, -0.15) is 0 Å². The zero-order valence-corrected chi connectivity index (χ0v) is 8.35. The number of amides is 1. The smallest absolute Gasteiger partial charge is 0.305 e. The Morgan fingerprint density at radius 2 is 1.87 bits per heavy atom. The first-order valence-corrected chi connectivity index (χ1v) is 4.78. The summed E-state index contributed by atoms with van der Waals surface area (Å²) in [6.07, 6.45) is 4.10. The Labute approximate surface area is 87.7 Å². The van der Waals surface area contributed by atoms with Crippen molar-refractivity contribution in [2.75, 3.05) is 6.54 Å². The van der Waals surface area contributed by atoms with Gasteiger partial charge < -0.3 is 15.0 Å². The zero-order valence-electron chi connectivity index (χ0n) is 8.35. The third-order valence-corrected chi connectivity index (χ3v) is 1.92. The van der Waals surface area contributed by atoms with Crippen LogP contribution in [-0.4, -0.2) is 28.1 Å². The summed E-state index contributed by atoms with van der Waals surface area (Å²) in [5.41, 5.74) is 0. The molecule has 2 N–H and O–H groups in total. The molecule has 0 aliphatic carbocycles. The van der Waals surface area contributed by atoms with Gasteiger partial charge in [0.05, 0.1) is 6.42 Å². The van der Waals surface area contributed by atoms with E-state index in [0.29, 0.717) is 13.0 Å². The molecule has 0 bridgehead atoms. The van der Waals surface area contributed by atoms with E-state index >= 15 is 0 Å². The number of rotatable bonds is 6. The minimum atomic E-state index is -0.902. The van der Waals surface area contributed by atoms with Crippen molar-refractivity contribution in [3.8, 4) is 0 Å². The molecule has 0 aliphatic rings. The van der Waals surface area contributed by atoms with Gasteiger partial charge in [0.2, 0.25) is 5.91 Å². The van der Waals surface area contributed by atoms with Gasteiger partial charge >= 0.3 is 5.97 Å². The minimum Gasteiger partial charge on any atom is -0.481 e. The molecular weight excluding hydrogens is 196 g/mol. The maximum Gasteiger partial charge on any atom is 0.305 e. The number of aryl methyl sites for hydroxylation is 1. The fraction of sp³-hybridized carbons (Fsp3) is 0.400. The number of nitrogens with one attached hydrogen (secondary N) is 1. The van der Waals surface area contributed by atoms with Crippen LogP contribution in [0.2, 0.25) is 0 Å². The van der Waals surface area contributed by atoms with E-state index in [0.717, 1.165) is 0 Å². The third-order valence-electron chi connectivity index (χ3n) is 1.92. The Balaban J connectivity index is 2.11. The van der Waals surface area contributed by atoms with E-state index in [-0.39, 0.29) is 18.9 Å². The van der Waals surface area contributed by atoms with Crippen molar-refractivity contribution in [1.29, 1.82) is 0 Å². The highest BCUT2D eigenvalue weighted by molar-refractivity contribution is 5.76. The quantitative estimate of drug-likeness (QED) is 0.717. The molecule has 0 aliphatic heterocycles. The van der Waals surface area contributed by atoms with E-state index in [1.807, 2.05) is 29.1 Å². The largest absolute Gasteiger partial charge is 0.481 e. The lowest BCUT2D eigenvalue weighted by molar-refractivity contribution is -0.136. The first-order chi connectivity index (χ1) is 7.18. The maximum absolute atomic E-state index is 11.2. The molecule has 0 saturated carbocycles. The predicted octanol–water partition coefficient (Wildman–Crippen LogP) is 0.469. The van der Waals surface area contributed by atoms with Gasteiger partial charge in [0.25, 0.3) is 0 Å². The van der Waals surface area contributed by atoms with Crippen molar-refractivity contribution < 1.29 is 14.7 Å². The molecule has 5 heteroatoms. The molecule has 0 radical (unpaired) electrons. The van der Waals surface area contributed by atoms with E-state index in [4.69, 9.17) is 5.11 Å². The lowest BCUT2D eigenvalue weighted by Gasteiger charge is -2.04. The van der Waals surface area contributed by atoms with Crippen molar-refractivity contribution in [3.05, 3.63) is 24.5 Å². The summed E-state index contributed by atoms with van der Waals surface area (Å²) in [5, 5.41) is 10.9. The molecule has 1 amide bonds. The second-order valence-corrected chi connectivity index (χ2v) is 3.16. The lowest BCUT2D eigenvalue weighted by Crippen LogP contribution is -2.26. The number of hydrogen-bond acceptors (Lipinski definition) is 2. The number of carbonyl (C=O) groups excluding carboxylic acids is 1. The topological polar surface area (TPSA) is 71.3 Å². The molecule has 0 unspecified atom stereocenters. The average molecular weight is 210 g/mol. The van der Waals surface area contributed by atoms with Crippen LogP contribution < -0.4 is 5.32 Å². The molecule has 1 heterocycles. The molecule has 15 heavy (non-hydrogen) atoms. The molecule has 1 aromatic heterocycles. The van der Waals surface area contributed by atoms with Crippen LogP contribution in [0, 0.1) is 0 Å². The van der Waals surface area contributed by atoms with Crippen LogP contribution in [-0.2, 0) is 16.1 Å². The minimum absolute atomic E-state index is 0.0325. The van der Waals surface area contributed by atoms with Crippen molar-refractivity contribution in [3.63, 3.8) is 0 Å². The Morgan fingerprint density at radius 1 is 1.20 bits per heavy atom. The van der Waals surface area contributed by atoms with Crippen molar-refractivity contribution >= 4 is 11.9 Å². The molecule has 1 aromatic rings. The van der Waals surface area contributed by atoms with Gasteiger partial charge in [-0.05, 0) is 12.1 Å². The van der Waals surface area contributed by atoms with Gasteiger partial charge in [0, 0.05) is 31.9 Å². The third kappa shape index (κ3) is 4.85. The van der Waals surface area contributed by atoms with E-state index in [9.17, 15) is 9.59 Å². The Kier molecular flexibility index (Phi) is 4.40. The van der Waals surface area contributed by atoms with Gasteiger partial charge in [-0.15, -0.1) is 0 Å². The highest BCUT2D eigenvalue weighted by Gasteiger charge is 2.02. The summed E-state index contributed by atoms with van der Waals surface area (Å²) < 4.78 is 1.90. The number of nitrogens with zero attached hydrogens (tertiary/aromatic N) is 1. The summed E-state index contributed by atoms with van der Waals surface area (Å²) in [6.45, 7) is 0.811. The van der Waals surface area contributed by atoms with Gasteiger partial charge in [0.15, 0.2) is 0 Å². The summed E-state index contributed by atoms with van der Waals surface area (Å²) in [6, 6.07) is 3.78. The molecule has 0 fully saturated rings. The number of carboxylic acid groups (broad SMARTS) is 1. The summed E-state index contributed by atoms with van der Waals surface area (Å²) in [4.78, 5) is 21.4. The van der Waals surface area contributed by atoms with Crippen molar-refractivity contribution in [1.82, 2.24) is 9.88 Å². The van der Waals surface area contributed by atoms with Crippen LogP contribution >= 0.6 is 0 Å². The van der Waals surface area contributed by atoms with Crippen LogP contribution in [0.15, 0.2) is 24.5 Å². The average Bonchev–Trinajstić information content (AvgIpc) is 2.66. The number of hydrogen-bond donors (Lipinski definition) is 2. The van der Waals surface area contributed by atoms with Crippen LogP contribution in [0.4, 0.5) is 0 Å². The van der Waals surface area contributed by atoms with Crippen LogP contribution in [0.5, 0.6) is 0 Å². The Morgan fingerprint density at radius 3 is 2.47 bits per heavy atom. The van der Waals surface area contributed by atoms with Crippen LogP contribution in [0.25, 0.3) is 0 Å². The molecule has 0 spiro atoms. The number of carbonyl (C=O) groups is 2. The number of aliphatic carboxylic acids is 1. The molecule has 0 saturated heterocycles. The van der Waals surface area contributed by atoms with E-state index in [1.165, 1.54) is 0 Å². The van der Waals surface area contributed by atoms with E-state index in [2.05, 4.69) is 5.32 Å². The summed E-state index contributed by atoms with van der Waals surface area (Å²) >= 11 is 0. The normalized spacial score (nSPS) is 9.87. The van der Waals surface area contributed by atoms with Gasteiger partial charge in [-0.25, -0.2) is 0 Å². The fourth-order valence-corrected chi connectivity index (χ4v) is 1.15. The molecule has 82 valence electrons. The lowest BCUT2D eigenvalue weighted by atomic mass is 10.3. The number of aromatic nitrogens is 1. The SMILES string of the molecule is O=C(O)CCNC(=O)CCn1cccc1. The van der Waals surface area contributed by atoms with Gasteiger partial charge in [-0.3, -0.25) is 9.59 Å². The zero-order chi connectivity index (χ0) is 11.1. The van der Waals surface area contributed by atoms with Crippen molar-refractivity contribution in [2.45, 2.75) is 19.4 Å². The summed E-state index contributed by atoms with van der Waals surface area (Å²) in [5.74, 6) is -1.02. The molecular formula is C10H14N2O3. The highest BCUT2D eigenvalue weighted by Crippen LogP contribution is 1.93. The first kappa shape index (κ1) is 11.3. The molecule has 5 nitrogen and oxygen atoms in total. The fourth-order valence-electron chi connectivity index (χ4n) is 1.15. The standard InChI is InChI=1S/C10H14N2O3/c13-9(11-5-3-10(14)15)4-8-12-6-1-2-7-12/h1-2,6-7H,3-5,8H2,(H,11,13)(H,14,15). The van der Waals surface area contributed by atoms with Gasteiger partial charge in [-0.1, -0.05) is 0 Å². The van der Waals surface area contributed by atoms with E-state index in [1.54, 1.807) is 0 Å². The van der Waals surface area contributed by atoms with Crippen LogP contribution in [0.3, 0.4) is 0 Å².